The van der Waals surface area contributed by atoms with Crippen LogP contribution in [0.2, 0.25) is 10.0 Å². The van der Waals surface area contributed by atoms with E-state index in [0.717, 1.165) is 5.56 Å². The van der Waals surface area contributed by atoms with Crippen LogP contribution >= 0.6 is 23.2 Å². The summed E-state index contributed by atoms with van der Waals surface area (Å²) in [6, 6.07) is 14.1. The van der Waals surface area contributed by atoms with E-state index in [9.17, 15) is 4.79 Å². The molecule has 0 aliphatic carbocycles. The molecule has 4 nitrogen and oxygen atoms in total. The first kappa shape index (κ1) is 16.6. The number of halogens is 2. The number of ether oxygens (including phenoxy) is 1. The Morgan fingerprint density at radius 2 is 1.92 bits per heavy atom. The van der Waals surface area contributed by atoms with Gasteiger partial charge in [-0.25, -0.2) is 9.78 Å². The lowest BCUT2D eigenvalue weighted by Gasteiger charge is -2.05. The normalized spacial score (nSPS) is 10.6. The van der Waals surface area contributed by atoms with E-state index in [2.05, 4.69) is 4.98 Å². The highest BCUT2D eigenvalue weighted by atomic mass is 35.5. The Balaban J connectivity index is 1.74. The first-order chi connectivity index (χ1) is 11.5. The van der Waals surface area contributed by atoms with Gasteiger partial charge in [0.2, 0.25) is 5.89 Å². The molecule has 0 aliphatic rings. The second-order valence-electron chi connectivity index (χ2n) is 5.09. The number of oxazole rings is 1. The molecule has 1 heterocycles. The van der Waals surface area contributed by atoms with E-state index in [1.807, 2.05) is 30.3 Å². The summed E-state index contributed by atoms with van der Waals surface area (Å²) in [7, 11) is 0. The van der Waals surface area contributed by atoms with E-state index in [0.29, 0.717) is 22.4 Å². The van der Waals surface area contributed by atoms with Crippen molar-refractivity contribution in [2.24, 2.45) is 0 Å². The summed E-state index contributed by atoms with van der Waals surface area (Å²) in [6.45, 7) is 1.76. The molecule has 0 unspecified atom stereocenters. The van der Waals surface area contributed by atoms with Crippen LogP contribution in [-0.4, -0.2) is 11.0 Å². The summed E-state index contributed by atoms with van der Waals surface area (Å²) in [4.78, 5) is 16.5. The molecule has 0 saturated carbocycles. The van der Waals surface area contributed by atoms with Crippen LogP contribution < -0.4 is 0 Å². The summed E-state index contributed by atoms with van der Waals surface area (Å²) < 4.78 is 10.9. The van der Waals surface area contributed by atoms with Crippen molar-refractivity contribution in [3.05, 3.63) is 75.6 Å². The Morgan fingerprint density at radius 3 is 2.67 bits per heavy atom. The van der Waals surface area contributed by atoms with E-state index in [1.165, 1.54) is 6.07 Å². The number of nitrogens with zero attached hydrogens (tertiary/aromatic N) is 1. The predicted octanol–water partition coefficient (Wildman–Crippen LogP) is 5.31. The molecule has 0 amide bonds. The van der Waals surface area contributed by atoms with Crippen molar-refractivity contribution < 1.29 is 13.9 Å². The number of carbonyl (C=O) groups excluding carboxylic acids is 1. The molecule has 0 fully saturated rings. The van der Waals surface area contributed by atoms with Gasteiger partial charge in [0.1, 0.15) is 18.1 Å². The number of benzene rings is 2. The minimum Gasteiger partial charge on any atom is -0.455 e. The van der Waals surface area contributed by atoms with Crippen LogP contribution in [0.15, 0.2) is 52.9 Å². The summed E-state index contributed by atoms with van der Waals surface area (Å²) in [5.41, 5.74) is 1.63. The SMILES string of the molecule is Cc1oc(-c2ccccc2)nc1COC(=O)c1cc(Cl)ccc1Cl. The molecule has 0 spiro atoms. The lowest BCUT2D eigenvalue weighted by Crippen LogP contribution is -2.06. The van der Waals surface area contributed by atoms with E-state index in [-0.39, 0.29) is 17.2 Å². The van der Waals surface area contributed by atoms with Gasteiger partial charge in [-0.15, -0.1) is 0 Å². The van der Waals surface area contributed by atoms with Crippen LogP contribution in [0.25, 0.3) is 11.5 Å². The molecule has 3 aromatic rings. The van der Waals surface area contributed by atoms with E-state index < -0.39 is 5.97 Å². The average Bonchev–Trinajstić information content (AvgIpc) is 2.96. The van der Waals surface area contributed by atoms with Gasteiger partial charge >= 0.3 is 5.97 Å². The summed E-state index contributed by atoms with van der Waals surface area (Å²) in [6.07, 6.45) is 0. The maximum absolute atomic E-state index is 12.2. The Morgan fingerprint density at radius 1 is 1.17 bits per heavy atom. The molecule has 2 aromatic carbocycles. The van der Waals surface area contributed by atoms with Crippen LogP contribution in [0.4, 0.5) is 0 Å². The number of aromatic nitrogens is 1. The summed E-state index contributed by atoms with van der Waals surface area (Å²) >= 11 is 11.9. The van der Waals surface area contributed by atoms with Crippen LogP contribution in [0.5, 0.6) is 0 Å². The zero-order valence-corrected chi connectivity index (χ0v) is 14.3. The lowest BCUT2D eigenvalue weighted by atomic mass is 10.2. The third-order valence-corrected chi connectivity index (χ3v) is 3.97. The topological polar surface area (TPSA) is 52.3 Å². The lowest BCUT2D eigenvalue weighted by molar-refractivity contribution is 0.0467. The molecular weight excluding hydrogens is 349 g/mol. The van der Waals surface area contributed by atoms with Gasteiger partial charge in [-0.3, -0.25) is 0 Å². The van der Waals surface area contributed by atoms with Crippen LogP contribution in [-0.2, 0) is 11.3 Å². The van der Waals surface area contributed by atoms with Crippen LogP contribution in [0.3, 0.4) is 0 Å². The largest absolute Gasteiger partial charge is 0.455 e. The van der Waals surface area contributed by atoms with Gasteiger partial charge in [0.25, 0.3) is 0 Å². The molecule has 3 rings (SSSR count). The second-order valence-corrected chi connectivity index (χ2v) is 5.93. The molecule has 0 aliphatic heterocycles. The van der Waals surface area contributed by atoms with Crippen molar-refractivity contribution in [3.63, 3.8) is 0 Å². The average molecular weight is 362 g/mol. The van der Waals surface area contributed by atoms with Crippen LogP contribution in [0, 0.1) is 6.92 Å². The Hall–Kier alpha value is -2.30. The monoisotopic (exact) mass is 361 g/mol. The minimum absolute atomic E-state index is 0.0101. The van der Waals surface area contributed by atoms with Crippen molar-refractivity contribution in [1.82, 2.24) is 4.98 Å². The fourth-order valence-electron chi connectivity index (χ4n) is 2.13. The van der Waals surface area contributed by atoms with Gasteiger partial charge in [-0.05, 0) is 37.3 Å². The number of esters is 1. The van der Waals surface area contributed by atoms with E-state index >= 15 is 0 Å². The minimum atomic E-state index is -0.564. The molecule has 122 valence electrons. The Labute approximate surface area is 149 Å². The van der Waals surface area contributed by atoms with Gasteiger partial charge in [-0.2, -0.15) is 0 Å². The number of carbonyl (C=O) groups is 1. The first-order valence-corrected chi connectivity index (χ1v) is 7.94. The predicted molar refractivity (Wildman–Crippen MR) is 92.3 cm³/mol. The maximum Gasteiger partial charge on any atom is 0.340 e. The highest BCUT2D eigenvalue weighted by Gasteiger charge is 2.16. The van der Waals surface area contributed by atoms with Gasteiger partial charge < -0.3 is 9.15 Å². The Bertz CT molecular complexity index is 875. The third-order valence-electron chi connectivity index (χ3n) is 3.40. The molecule has 0 radical (unpaired) electrons. The van der Waals surface area contributed by atoms with Gasteiger partial charge in [0.05, 0.1) is 10.6 Å². The highest BCUT2D eigenvalue weighted by Crippen LogP contribution is 2.24. The number of hydrogen-bond acceptors (Lipinski definition) is 4. The summed E-state index contributed by atoms with van der Waals surface area (Å²) in [5.74, 6) is 0.518. The number of hydrogen-bond donors (Lipinski definition) is 0. The zero-order chi connectivity index (χ0) is 17.1. The fraction of sp³-hybridized carbons (Fsp3) is 0.111. The highest BCUT2D eigenvalue weighted by molar-refractivity contribution is 6.35. The van der Waals surface area contributed by atoms with Gasteiger partial charge in [-0.1, -0.05) is 41.4 Å². The fourth-order valence-corrected chi connectivity index (χ4v) is 2.50. The molecular formula is C18H13Cl2NO3. The van der Waals surface area contributed by atoms with Gasteiger partial charge in [0.15, 0.2) is 0 Å². The van der Waals surface area contributed by atoms with Crippen molar-refractivity contribution >= 4 is 29.2 Å². The van der Waals surface area contributed by atoms with Crippen molar-refractivity contribution in [3.8, 4) is 11.5 Å². The maximum atomic E-state index is 12.2. The quantitative estimate of drug-likeness (QED) is 0.590. The van der Waals surface area contributed by atoms with Crippen molar-refractivity contribution in [2.75, 3.05) is 0 Å². The molecule has 0 saturated heterocycles. The third kappa shape index (κ3) is 3.61. The molecule has 24 heavy (non-hydrogen) atoms. The number of aryl methyl sites for hydroxylation is 1. The number of rotatable bonds is 4. The molecule has 0 atom stereocenters. The molecule has 6 heteroatoms. The van der Waals surface area contributed by atoms with Crippen LogP contribution in [0.1, 0.15) is 21.8 Å². The summed E-state index contributed by atoms with van der Waals surface area (Å²) in [5, 5.41) is 0.696. The molecule has 0 bridgehead atoms. The van der Waals surface area contributed by atoms with E-state index in [1.54, 1.807) is 19.1 Å². The van der Waals surface area contributed by atoms with Crippen molar-refractivity contribution in [2.45, 2.75) is 13.5 Å². The van der Waals surface area contributed by atoms with E-state index in [4.69, 9.17) is 32.4 Å². The zero-order valence-electron chi connectivity index (χ0n) is 12.8. The molecule has 0 N–H and O–H groups in total. The smallest absolute Gasteiger partial charge is 0.340 e. The first-order valence-electron chi connectivity index (χ1n) is 7.18. The van der Waals surface area contributed by atoms with Crippen molar-refractivity contribution in [1.29, 1.82) is 0 Å². The molecule has 1 aromatic heterocycles. The standard InChI is InChI=1S/C18H13Cl2NO3/c1-11-16(21-17(24-11)12-5-3-2-4-6-12)10-23-18(22)14-9-13(19)7-8-15(14)20/h2-9H,10H2,1H3. The second kappa shape index (κ2) is 7.07. The van der Waals surface area contributed by atoms with Gasteiger partial charge in [0, 0.05) is 10.6 Å². The Kier molecular flexibility index (Phi) is 4.88.